The lowest BCUT2D eigenvalue weighted by Crippen LogP contribution is -2.30. The lowest BCUT2D eigenvalue weighted by Gasteiger charge is -2.16. The van der Waals surface area contributed by atoms with Gasteiger partial charge in [-0.05, 0) is 24.8 Å². The highest BCUT2D eigenvalue weighted by Crippen LogP contribution is 2.13. The van der Waals surface area contributed by atoms with Crippen LogP contribution in [0.25, 0.3) is 0 Å². The number of aromatic nitrogens is 3. The SMILES string of the molecule is CC(C)C[C@H](CN)CC(=O)NCCc1nncn1C. The number of carbonyl (C=O) groups excluding carboxylic acids is 1. The number of aryl methyl sites for hydroxylation is 1. The number of nitrogens with zero attached hydrogens (tertiary/aromatic N) is 3. The minimum atomic E-state index is 0.0678. The van der Waals surface area contributed by atoms with Crippen molar-refractivity contribution in [2.24, 2.45) is 24.6 Å². The van der Waals surface area contributed by atoms with Gasteiger partial charge in [0.2, 0.25) is 5.91 Å². The summed E-state index contributed by atoms with van der Waals surface area (Å²) in [4.78, 5) is 11.8. The molecule has 0 saturated carbocycles. The van der Waals surface area contributed by atoms with E-state index < -0.39 is 0 Å². The van der Waals surface area contributed by atoms with Crippen LogP contribution in [0.1, 0.15) is 32.5 Å². The van der Waals surface area contributed by atoms with Crippen LogP contribution in [0.5, 0.6) is 0 Å². The van der Waals surface area contributed by atoms with E-state index in [0.717, 1.165) is 12.2 Å². The second-order valence-corrected chi connectivity index (χ2v) is 5.39. The molecule has 1 aromatic heterocycles. The molecule has 1 aromatic rings. The smallest absolute Gasteiger partial charge is 0.220 e. The summed E-state index contributed by atoms with van der Waals surface area (Å²) >= 11 is 0. The van der Waals surface area contributed by atoms with Gasteiger partial charge < -0.3 is 15.6 Å². The summed E-state index contributed by atoms with van der Waals surface area (Å²) in [5, 5.41) is 10.7. The topological polar surface area (TPSA) is 85.8 Å². The number of nitrogens with one attached hydrogen (secondary N) is 1. The molecule has 0 aliphatic carbocycles. The molecule has 0 radical (unpaired) electrons. The molecule has 108 valence electrons. The molecule has 1 rings (SSSR count). The van der Waals surface area contributed by atoms with Crippen molar-refractivity contribution in [1.82, 2.24) is 20.1 Å². The fraction of sp³-hybridized carbons (Fsp3) is 0.769. The van der Waals surface area contributed by atoms with E-state index in [1.807, 2.05) is 11.6 Å². The van der Waals surface area contributed by atoms with Crippen LogP contribution in [0.3, 0.4) is 0 Å². The Balaban J connectivity index is 2.25. The summed E-state index contributed by atoms with van der Waals surface area (Å²) in [6, 6.07) is 0. The first-order chi connectivity index (χ1) is 9.02. The molecule has 0 bridgehead atoms. The zero-order valence-electron chi connectivity index (χ0n) is 12.1. The lowest BCUT2D eigenvalue weighted by atomic mass is 9.94. The van der Waals surface area contributed by atoms with Crippen molar-refractivity contribution in [2.45, 2.75) is 33.1 Å². The molecule has 1 atom stereocenters. The monoisotopic (exact) mass is 267 g/mol. The van der Waals surface area contributed by atoms with Gasteiger partial charge >= 0.3 is 0 Å². The van der Waals surface area contributed by atoms with Crippen LogP contribution >= 0.6 is 0 Å². The maximum Gasteiger partial charge on any atom is 0.220 e. The number of hydrogen-bond donors (Lipinski definition) is 2. The highest BCUT2D eigenvalue weighted by molar-refractivity contribution is 5.76. The quantitative estimate of drug-likeness (QED) is 0.717. The Morgan fingerprint density at radius 1 is 1.53 bits per heavy atom. The molecule has 0 saturated heterocycles. The van der Waals surface area contributed by atoms with E-state index in [2.05, 4.69) is 29.4 Å². The van der Waals surface area contributed by atoms with E-state index in [4.69, 9.17) is 5.73 Å². The first kappa shape index (κ1) is 15.6. The highest BCUT2D eigenvalue weighted by atomic mass is 16.1. The number of amides is 1. The van der Waals surface area contributed by atoms with Crippen molar-refractivity contribution in [2.75, 3.05) is 13.1 Å². The maximum atomic E-state index is 11.8. The standard InChI is InChI=1S/C13H25N5O/c1-10(2)6-11(8-14)7-13(19)15-5-4-12-17-16-9-18(12)3/h9-11H,4-8,14H2,1-3H3,(H,15,19)/t11-/m0/s1. The van der Waals surface area contributed by atoms with Crippen LogP contribution in [-0.2, 0) is 18.3 Å². The predicted octanol–water partition coefficient (Wildman–Crippen LogP) is 0.485. The van der Waals surface area contributed by atoms with Gasteiger partial charge in [-0.25, -0.2) is 0 Å². The third-order valence-electron chi connectivity index (χ3n) is 3.09. The number of rotatable bonds is 8. The van der Waals surface area contributed by atoms with Crippen LogP contribution in [0, 0.1) is 11.8 Å². The molecular formula is C13H25N5O. The molecule has 6 nitrogen and oxygen atoms in total. The number of hydrogen-bond acceptors (Lipinski definition) is 4. The number of nitrogens with two attached hydrogens (primary N) is 1. The van der Waals surface area contributed by atoms with Gasteiger partial charge in [0, 0.05) is 26.4 Å². The van der Waals surface area contributed by atoms with Gasteiger partial charge in [-0.3, -0.25) is 4.79 Å². The third kappa shape index (κ3) is 5.83. The minimum absolute atomic E-state index is 0.0678. The second kappa shape index (κ2) is 7.89. The van der Waals surface area contributed by atoms with E-state index >= 15 is 0 Å². The lowest BCUT2D eigenvalue weighted by molar-refractivity contribution is -0.122. The average Bonchev–Trinajstić information content (AvgIpc) is 2.73. The van der Waals surface area contributed by atoms with Crippen molar-refractivity contribution < 1.29 is 4.79 Å². The molecule has 0 unspecified atom stereocenters. The second-order valence-electron chi connectivity index (χ2n) is 5.39. The highest BCUT2D eigenvalue weighted by Gasteiger charge is 2.13. The third-order valence-corrected chi connectivity index (χ3v) is 3.09. The molecule has 0 aromatic carbocycles. The summed E-state index contributed by atoms with van der Waals surface area (Å²) in [7, 11) is 1.89. The summed E-state index contributed by atoms with van der Waals surface area (Å²) in [6.07, 6.45) is 3.85. The van der Waals surface area contributed by atoms with E-state index in [0.29, 0.717) is 31.8 Å². The molecule has 3 N–H and O–H groups in total. The molecule has 6 heteroatoms. The Kier molecular flexibility index (Phi) is 6.49. The van der Waals surface area contributed by atoms with Crippen LogP contribution < -0.4 is 11.1 Å². The van der Waals surface area contributed by atoms with Crippen molar-refractivity contribution in [3.8, 4) is 0 Å². The van der Waals surface area contributed by atoms with Gasteiger partial charge in [-0.2, -0.15) is 0 Å². The van der Waals surface area contributed by atoms with Crippen molar-refractivity contribution in [3.05, 3.63) is 12.2 Å². The zero-order chi connectivity index (χ0) is 14.3. The van der Waals surface area contributed by atoms with Crippen LogP contribution in [0.4, 0.5) is 0 Å². The first-order valence-corrected chi connectivity index (χ1v) is 6.82. The van der Waals surface area contributed by atoms with Gasteiger partial charge in [0.1, 0.15) is 12.2 Å². The molecular weight excluding hydrogens is 242 g/mol. The van der Waals surface area contributed by atoms with Crippen molar-refractivity contribution >= 4 is 5.91 Å². The Morgan fingerprint density at radius 3 is 2.79 bits per heavy atom. The summed E-state index contributed by atoms with van der Waals surface area (Å²) in [5.41, 5.74) is 5.69. The Hall–Kier alpha value is -1.43. The Bertz CT molecular complexity index is 388. The largest absolute Gasteiger partial charge is 0.356 e. The number of carbonyl (C=O) groups is 1. The molecule has 0 fully saturated rings. The molecule has 0 aliphatic heterocycles. The fourth-order valence-corrected chi connectivity index (χ4v) is 2.11. The van der Waals surface area contributed by atoms with Crippen LogP contribution in [-0.4, -0.2) is 33.8 Å². The Morgan fingerprint density at radius 2 is 2.26 bits per heavy atom. The molecule has 0 aliphatic rings. The normalized spacial score (nSPS) is 12.7. The summed E-state index contributed by atoms with van der Waals surface area (Å²) in [5.74, 6) is 1.78. The Labute approximate surface area is 114 Å². The van der Waals surface area contributed by atoms with Crippen LogP contribution in [0.2, 0.25) is 0 Å². The van der Waals surface area contributed by atoms with Gasteiger partial charge in [-0.15, -0.1) is 10.2 Å². The van der Waals surface area contributed by atoms with E-state index in [-0.39, 0.29) is 11.8 Å². The van der Waals surface area contributed by atoms with E-state index in [1.54, 1.807) is 6.33 Å². The van der Waals surface area contributed by atoms with E-state index in [1.165, 1.54) is 0 Å². The van der Waals surface area contributed by atoms with Crippen LogP contribution in [0.15, 0.2) is 6.33 Å². The predicted molar refractivity (Wildman–Crippen MR) is 74.3 cm³/mol. The molecule has 19 heavy (non-hydrogen) atoms. The molecule has 0 spiro atoms. The molecule has 1 heterocycles. The minimum Gasteiger partial charge on any atom is -0.356 e. The average molecular weight is 267 g/mol. The van der Waals surface area contributed by atoms with Gasteiger partial charge in [-0.1, -0.05) is 13.8 Å². The first-order valence-electron chi connectivity index (χ1n) is 6.82. The van der Waals surface area contributed by atoms with Gasteiger partial charge in [0.25, 0.3) is 0 Å². The van der Waals surface area contributed by atoms with Crippen molar-refractivity contribution in [1.29, 1.82) is 0 Å². The molecule has 1 amide bonds. The van der Waals surface area contributed by atoms with Gasteiger partial charge in [0.05, 0.1) is 0 Å². The summed E-state index contributed by atoms with van der Waals surface area (Å²) < 4.78 is 1.85. The fourth-order valence-electron chi connectivity index (χ4n) is 2.11. The van der Waals surface area contributed by atoms with Crippen molar-refractivity contribution in [3.63, 3.8) is 0 Å². The van der Waals surface area contributed by atoms with Gasteiger partial charge in [0.15, 0.2) is 0 Å². The maximum absolute atomic E-state index is 11.8. The van der Waals surface area contributed by atoms with E-state index in [9.17, 15) is 4.79 Å². The zero-order valence-corrected chi connectivity index (χ0v) is 12.1. The summed E-state index contributed by atoms with van der Waals surface area (Å²) in [6.45, 7) is 5.45.